The molecule has 0 radical (unpaired) electrons. The van der Waals surface area contributed by atoms with Crippen molar-refractivity contribution in [2.45, 2.75) is 20.3 Å². The van der Waals surface area contributed by atoms with E-state index in [1.807, 2.05) is 6.92 Å². The number of carbonyl (C=O) groups is 1. The molecule has 1 heterocycles. The fraction of sp³-hybridized carbons (Fsp3) is 0.400. The van der Waals surface area contributed by atoms with Crippen molar-refractivity contribution >= 4 is 12.0 Å². The third-order valence-corrected chi connectivity index (χ3v) is 1.82. The molecule has 0 aliphatic rings. The lowest BCUT2D eigenvalue weighted by molar-refractivity contribution is 0.104. The Morgan fingerprint density at radius 2 is 2.27 bits per heavy atom. The molecule has 1 aromatic rings. The van der Waals surface area contributed by atoms with Gasteiger partial charge < -0.3 is 15.2 Å². The summed E-state index contributed by atoms with van der Waals surface area (Å²) in [5, 5.41) is 0. The summed E-state index contributed by atoms with van der Waals surface area (Å²) in [7, 11) is 0. The first-order chi connectivity index (χ1) is 7.17. The number of nitrogens with two attached hydrogens (primary N) is 1. The Kier molecular flexibility index (Phi) is 3.91. The third-order valence-electron chi connectivity index (χ3n) is 1.82. The first kappa shape index (κ1) is 11.3. The van der Waals surface area contributed by atoms with E-state index in [1.54, 1.807) is 13.0 Å². The normalized spacial score (nSPS) is 9.73. The molecule has 82 valence electrons. The average molecular weight is 210 g/mol. The zero-order valence-electron chi connectivity index (χ0n) is 8.82. The highest BCUT2D eigenvalue weighted by molar-refractivity contribution is 5.64. The molecule has 15 heavy (non-hydrogen) atoms. The molecule has 0 bridgehead atoms. The van der Waals surface area contributed by atoms with Crippen LogP contribution in [-0.2, 0) is 11.2 Å². The Morgan fingerprint density at radius 1 is 1.53 bits per heavy atom. The molecule has 0 saturated heterocycles. The maximum Gasteiger partial charge on any atom is 0.513 e. The average Bonchev–Trinajstić information content (AvgIpc) is 2.21. The number of hydrogen-bond donors (Lipinski definition) is 1. The van der Waals surface area contributed by atoms with Crippen molar-refractivity contribution in [2.24, 2.45) is 0 Å². The number of carbonyl (C=O) groups excluding carboxylic acids is 1. The summed E-state index contributed by atoms with van der Waals surface area (Å²) in [6.45, 7) is 3.93. The largest absolute Gasteiger partial charge is 0.513 e. The number of nitrogen functional groups attached to an aromatic ring is 1. The van der Waals surface area contributed by atoms with Crippen LogP contribution in [0.2, 0.25) is 0 Å². The summed E-state index contributed by atoms with van der Waals surface area (Å²) in [5.41, 5.74) is 6.45. The zero-order chi connectivity index (χ0) is 11.3. The summed E-state index contributed by atoms with van der Waals surface area (Å²) in [4.78, 5) is 14.9. The molecule has 0 saturated carbocycles. The molecule has 0 aromatic carbocycles. The highest BCUT2D eigenvalue weighted by atomic mass is 16.7. The highest BCUT2D eigenvalue weighted by Crippen LogP contribution is 2.17. The van der Waals surface area contributed by atoms with Gasteiger partial charge in [-0.1, -0.05) is 6.92 Å². The van der Waals surface area contributed by atoms with E-state index in [0.29, 0.717) is 11.6 Å². The second-order valence-corrected chi connectivity index (χ2v) is 2.85. The van der Waals surface area contributed by atoms with E-state index in [4.69, 9.17) is 10.5 Å². The van der Waals surface area contributed by atoms with Gasteiger partial charge in [0.25, 0.3) is 0 Å². The van der Waals surface area contributed by atoms with Gasteiger partial charge in [-0.3, -0.25) is 0 Å². The standard InChI is InChI=1S/C10H14N2O3/c1-3-7-5-8(6-12-9(7)11)15-10(13)14-4-2/h5-6H,3-4H2,1-2H3,(H2,11,12). The number of anilines is 1. The molecule has 0 unspecified atom stereocenters. The van der Waals surface area contributed by atoms with Crippen molar-refractivity contribution in [2.75, 3.05) is 12.3 Å². The maximum absolute atomic E-state index is 11.0. The van der Waals surface area contributed by atoms with Gasteiger partial charge in [0.05, 0.1) is 12.8 Å². The lowest BCUT2D eigenvalue weighted by Crippen LogP contribution is -2.10. The van der Waals surface area contributed by atoms with Gasteiger partial charge in [-0.25, -0.2) is 9.78 Å². The maximum atomic E-state index is 11.0. The van der Waals surface area contributed by atoms with Crippen LogP contribution in [0, 0.1) is 0 Å². The Labute approximate surface area is 88.2 Å². The van der Waals surface area contributed by atoms with E-state index in [1.165, 1.54) is 6.20 Å². The van der Waals surface area contributed by atoms with Crippen LogP contribution in [0.25, 0.3) is 0 Å². The van der Waals surface area contributed by atoms with Crippen LogP contribution in [-0.4, -0.2) is 17.7 Å². The van der Waals surface area contributed by atoms with E-state index in [2.05, 4.69) is 9.72 Å². The van der Waals surface area contributed by atoms with E-state index >= 15 is 0 Å². The quantitative estimate of drug-likeness (QED) is 0.769. The topological polar surface area (TPSA) is 74.4 Å². The number of aromatic nitrogens is 1. The van der Waals surface area contributed by atoms with Crippen LogP contribution in [0.4, 0.5) is 10.6 Å². The molecular formula is C10H14N2O3. The highest BCUT2D eigenvalue weighted by Gasteiger charge is 2.07. The molecule has 0 fully saturated rings. The summed E-state index contributed by atoms with van der Waals surface area (Å²) in [6, 6.07) is 1.68. The summed E-state index contributed by atoms with van der Waals surface area (Å²) < 4.78 is 9.50. The SMILES string of the molecule is CCOC(=O)Oc1cnc(N)c(CC)c1. The Hall–Kier alpha value is -1.78. The van der Waals surface area contributed by atoms with E-state index in [0.717, 1.165) is 12.0 Å². The number of rotatable bonds is 3. The van der Waals surface area contributed by atoms with Crippen molar-refractivity contribution in [3.8, 4) is 5.75 Å². The van der Waals surface area contributed by atoms with Crippen molar-refractivity contribution in [1.29, 1.82) is 0 Å². The first-order valence-electron chi connectivity index (χ1n) is 4.76. The molecule has 1 rings (SSSR count). The monoisotopic (exact) mass is 210 g/mol. The van der Waals surface area contributed by atoms with E-state index < -0.39 is 6.16 Å². The minimum Gasteiger partial charge on any atom is -0.434 e. The minimum absolute atomic E-state index is 0.280. The predicted octanol–water partition coefficient (Wildman–Crippen LogP) is 1.76. The molecule has 1 aromatic heterocycles. The van der Waals surface area contributed by atoms with Gasteiger partial charge in [0.15, 0.2) is 5.75 Å². The number of hydrogen-bond acceptors (Lipinski definition) is 5. The van der Waals surface area contributed by atoms with Gasteiger partial charge in [0.1, 0.15) is 5.82 Å². The first-order valence-corrected chi connectivity index (χ1v) is 4.76. The van der Waals surface area contributed by atoms with Crippen LogP contribution in [0.3, 0.4) is 0 Å². The molecular weight excluding hydrogens is 196 g/mol. The number of nitrogens with zero attached hydrogens (tertiary/aromatic N) is 1. The minimum atomic E-state index is -0.730. The molecule has 0 atom stereocenters. The van der Waals surface area contributed by atoms with E-state index in [9.17, 15) is 4.79 Å². The van der Waals surface area contributed by atoms with Crippen LogP contribution in [0.1, 0.15) is 19.4 Å². The predicted molar refractivity (Wildman–Crippen MR) is 55.7 cm³/mol. The summed E-state index contributed by atoms with van der Waals surface area (Å²) in [6.07, 6.45) is 1.40. The van der Waals surface area contributed by atoms with Gasteiger partial charge in [0.2, 0.25) is 0 Å². The van der Waals surface area contributed by atoms with Gasteiger partial charge in [-0.15, -0.1) is 0 Å². The molecule has 5 nitrogen and oxygen atoms in total. The number of ether oxygens (including phenoxy) is 2. The summed E-state index contributed by atoms with van der Waals surface area (Å²) in [5.74, 6) is 0.799. The zero-order valence-corrected chi connectivity index (χ0v) is 8.82. The van der Waals surface area contributed by atoms with Gasteiger partial charge in [0, 0.05) is 0 Å². The van der Waals surface area contributed by atoms with Crippen LogP contribution in [0.15, 0.2) is 12.3 Å². The van der Waals surface area contributed by atoms with Crippen LogP contribution in [0.5, 0.6) is 5.75 Å². The number of pyridine rings is 1. The molecule has 0 amide bonds. The van der Waals surface area contributed by atoms with Crippen molar-refractivity contribution in [3.63, 3.8) is 0 Å². The van der Waals surface area contributed by atoms with Crippen LogP contribution >= 0.6 is 0 Å². The lowest BCUT2D eigenvalue weighted by Gasteiger charge is -2.06. The molecule has 0 aliphatic carbocycles. The van der Waals surface area contributed by atoms with Crippen molar-refractivity contribution in [3.05, 3.63) is 17.8 Å². The van der Waals surface area contributed by atoms with Crippen LogP contribution < -0.4 is 10.5 Å². The van der Waals surface area contributed by atoms with Gasteiger partial charge in [-0.05, 0) is 25.0 Å². The lowest BCUT2D eigenvalue weighted by atomic mass is 10.2. The second-order valence-electron chi connectivity index (χ2n) is 2.85. The molecule has 0 aliphatic heterocycles. The number of aryl methyl sites for hydroxylation is 1. The molecule has 0 spiro atoms. The van der Waals surface area contributed by atoms with Gasteiger partial charge in [-0.2, -0.15) is 0 Å². The van der Waals surface area contributed by atoms with Gasteiger partial charge >= 0.3 is 6.16 Å². The fourth-order valence-electron chi connectivity index (χ4n) is 1.08. The van der Waals surface area contributed by atoms with Crippen molar-refractivity contribution in [1.82, 2.24) is 4.98 Å². The summed E-state index contributed by atoms with van der Waals surface area (Å²) >= 11 is 0. The molecule has 2 N–H and O–H groups in total. The Bertz CT molecular complexity index is 353. The molecule has 5 heteroatoms. The van der Waals surface area contributed by atoms with Crippen molar-refractivity contribution < 1.29 is 14.3 Å². The third kappa shape index (κ3) is 3.12. The van der Waals surface area contributed by atoms with E-state index in [-0.39, 0.29) is 6.61 Å². The smallest absolute Gasteiger partial charge is 0.434 e. The fourth-order valence-corrected chi connectivity index (χ4v) is 1.08. The second kappa shape index (κ2) is 5.19. The Balaban J connectivity index is 2.74. The Morgan fingerprint density at radius 3 is 2.87 bits per heavy atom.